The third kappa shape index (κ3) is 2.88. The number of thiophene rings is 1. The van der Waals surface area contributed by atoms with Gasteiger partial charge in [0.2, 0.25) is 0 Å². The Bertz CT molecular complexity index is 864. The molecule has 4 heterocycles. The van der Waals surface area contributed by atoms with Crippen LogP contribution in [0.4, 0.5) is 5.82 Å². The van der Waals surface area contributed by atoms with Gasteiger partial charge in [0.05, 0.1) is 17.6 Å². The van der Waals surface area contributed by atoms with Crippen LogP contribution in [-0.2, 0) is 22.3 Å². The number of aromatic nitrogens is 2. The first kappa shape index (κ1) is 16.7. The van der Waals surface area contributed by atoms with Crippen LogP contribution in [-0.4, -0.2) is 48.5 Å². The van der Waals surface area contributed by atoms with Crippen molar-refractivity contribution in [2.45, 2.75) is 62.9 Å². The number of anilines is 1. The molecule has 2 saturated heterocycles. The van der Waals surface area contributed by atoms with Gasteiger partial charge in [0.25, 0.3) is 0 Å². The van der Waals surface area contributed by atoms with E-state index in [1.54, 1.807) is 10.4 Å². The number of ether oxygens (including phenoxy) is 2. The minimum atomic E-state index is -0.0520. The van der Waals surface area contributed by atoms with Crippen molar-refractivity contribution in [3.05, 3.63) is 16.3 Å². The molecule has 3 fully saturated rings. The standard InChI is InChI=1S/C21H27N3O2S/c1-2-4-16-15(3-1)17-19(22-18(14-5-6-14)23-20(17)27-16)24-9-12-26-21(13-24)7-10-25-11-8-21/h14H,1-13H2. The van der Waals surface area contributed by atoms with Gasteiger partial charge < -0.3 is 14.4 Å². The molecule has 6 heteroatoms. The number of fused-ring (bicyclic) bond motifs is 3. The third-order valence-corrected chi connectivity index (χ3v) is 7.89. The molecule has 0 N–H and O–H groups in total. The van der Waals surface area contributed by atoms with Crippen molar-refractivity contribution in [3.8, 4) is 0 Å². The van der Waals surface area contributed by atoms with Gasteiger partial charge in [0.1, 0.15) is 16.5 Å². The highest BCUT2D eigenvalue weighted by Crippen LogP contribution is 2.45. The number of morpholine rings is 1. The van der Waals surface area contributed by atoms with Gasteiger partial charge in [-0.05, 0) is 44.1 Å². The van der Waals surface area contributed by atoms with Gasteiger partial charge in [-0.15, -0.1) is 11.3 Å². The van der Waals surface area contributed by atoms with Crippen molar-refractivity contribution < 1.29 is 9.47 Å². The van der Waals surface area contributed by atoms with E-state index in [2.05, 4.69) is 4.90 Å². The average molecular weight is 386 g/mol. The van der Waals surface area contributed by atoms with E-state index in [1.807, 2.05) is 11.3 Å². The Kier molecular flexibility index (Phi) is 3.95. The van der Waals surface area contributed by atoms with Crippen molar-refractivity contribution in [2.24, 2.45) is 0 Å². The molecule has 0 radical (unpaired) electrons. The zero-order valence-corrected chi connectivity index (χ0v) is 16.7. The minimum absolute atomic E-state index is 0.0520. The van der Waals surface area contributed by atoms with Crippen LogP contribution in [0.25, 0.3) is 10.2 Å². The van der Waals surface area contributed by atoms with E-state index in [1.165, 1.54) is 54.6 Å². The number of aryl methyl sites for hydroxylation is 2. The quantitative estimate of drug-likeness (QED) is 0.786. The fourth-order valence-electron chi connectivity index (χ4n) is 4.98. The number of nitrogens with zero attached hydrogens (tertiary/aromatic N) is 3. The first-order chi connectivity index (χ1) is 13.3. The van der Waals surface area contributed by atoms with E-state index in [0.29, 0.717) is 5.92 Å². The molecule has 0 amide bonds. The Morgan fingerprint density at radius 3 is 2.74 bits per heavy atom. The van der Waals surface area contributed by atoms with Gasteiger partial charge in [-0.25, -0.2) is 9.97 Å². The SMILES string of the molecule is C1CCc2c(sc3nc(C4CC4)nc(N4CCOC5(CCOCC5)C4)c23)C1. The second-order valence-corrected chi connectivity index (χ2v) is 9.72. The average Bonchev–Trinajstić information content (AvgIpc) is 3.48. The predicted octanol–water partition coefficient (Wildman–Crippen LogP) is 3.83. The van der Waals surface area contributed by atoms with Crippen LogP contribution in [0.1, 0.15) is 60.7 Å². The maximum atomic E-state index is 6.29. The second-order valence-electron chi connectivity index (χ2n) is 8.64. The summed E-state index contributed by atoms with van der Waals surface area (Å²) in [5, 5.41) is 1.36. The van der Waals surface area contributed by atoms with Gasteiger partial charge in [0.15, 0.2) is 0 Å². The lowest BCUT2D eigenvalue weighted by Gasteiger charge is -2.45. The van der Waals surface area contributed by atoms with E-state index >= 15 is 0 Å². The van der Waals surface area contributed by atoms with Gasteiger partial charge >= 0.3 is 0 Å². The van der Waals surface area contributed by atoms with Crippen LogP contribution < -0.4 is 4.90 Å². The fourth-order valence-corrected chi connectivity index (χ4v) is 6.24. The minimum Gasteiger partial charge on any atom is -0.381 e. The number of rotatable bonds is 2. The molecule has 0 bridgehead atoms. The first-order valence-corrected chi connectivity index (χ1v) is 11.4. The molecule has 5 nitrogen and oxygen atoms in total. The largest absolute Gasteiger partial charge is 0.381 e. The van der Waals surface area contributed by atoms with E-state index in [0.717, 1.165) is 51.6 Å². The zero-order valence-electron chi connectivity index (χ0n) is 15.8. The third-order valence-electron chi connectivity index (χ3n) is 6.71. The molecule has 27 heavy (non-hydrogen) atoms. The molecule has 144 valence electrons. The van der Waals surface area contributed by atoms with Crippen molar-refractivity contribution in [2.75, 3.05) is 37.8 Å². The van der Waals surface area contributed by atoms with Crippen LogP contribution in [0.5, 0.6) is 0 Å². The van der Waals surface area contributed by atoms with Crippen LogP contribution in [0.3, 0.4) is 0 Å². The molecule has 6 rings (SSSR count). The Balaban J connectivity index is 1.46. The van der Waals surface area contributed by atoms with Crippen LogP contribution in [0.2, 0.25) is 0 Å². The Morgan fingerprint density at radius 1 is 1.04 bits per heavy atom. The first-order valence-electron chi connectivity index (χ1n) is 10.6. The molecule has 2 aliphatic carbocycles. The molecule has 2 aromatic heterocycles. The Morgan fingerprint density at radius 2 is 1.89 bits per heavy atom. The van der Waals surface area contributed by atoms with Crippen molar-refractivity contribution >= 4 is 27.4 Å². The molecule has 2 aromatic rings. The topological polar surface area (TPSA) is 47.5 Å². The molecular formula is C21H27N3O2S. The summed E-state index contributed by atoms with van der Waals surface area (Å²) < 4.78 is 11.9. The van der Waals surface area contributed by atoms with Crippen LogP contribution >= 0.6 is 11.3 Å². The van der Waals surface area contributed by atoms with Gasteiger partial charge in [-0.1, -0.05) is 0 Å². The van der Waals surface area contributed by atoms with Crippen molar-refractivity contribution in [3.63, 3.8) is 0 Å². The highest BCUT2D eigenvalue weighted by molar-refractivity contribution is 7.19. The van der Waals surface area contributed by atoms with E-state index in [9.17, 15) is 0 Å². The maximum absolute atomic E-state index is 6.29. The van der Waals surface area contributed by atoms with Crippen molar-refractivity contribution in [1.29, 1.82) is 0 Å². The highest BCUT2D eigenvalue weighted by Gasteiger charge is 2.40. The Hall–Kier alpha value is -1.24. The summed E-state index contributed by atoms with van der Waals surface area (Å²) in [6, 6.07) is 0. The van der Waals surface area contributed by atoms with E-state index in [-0.39, 0.29) is 5.60 Å². The van der Waals surface area contributed by atoms with Gasteiger partial charge in [-0.3, -0.25) is 0 Å². The van der Waals surface area contributed by atoms with E-state index in [4.69, 9.17) is 19.4 Å². The summed E-state index contributed by atoms with van der Waals surface area (Å²) in [5.41, 5.74) is 1.50. The molecule has 0 unspecified atom stereocenters. The Labute approximate surface area is 164 Å². The van der Waals surface area contributed by atoms with Crippen LogP contribution in [0.15, 0.2) is 0 Å². The van der Waals surface area contributed by atoms with Gasteiger partial charge in [-0.2, -0.15) is 0 Å². The molecule has 2 aliphatic heterocycles. The molecule has 4 aliphatic rings. The predicted molar refractivity (Wildman–Crippen MR) is 107 cm³/mol. The summed E-state index contributed by atoms with van der Waals surface area (Å²) in [7, 11) is 0. The summed E-state index contributed by atoms with van der Waals surface area (Å²) >= 11 is 1.94. The number of hydrogen-bond donors (Lipinski definition) is 0. The number of hydrogen-bond acceptors (Lipinski definition) is 6. The van der Waals surface area contributed by atoms with E-state index < -0.39 is 0 Å². The lowest BCUT2D eigenvalue weighted by Crippen LogP contribution is -2.54. The zero-order chi connectivity index (χ0) is 17.8. The monoisotopic (exact) mass is 385 g/mol. The molecule has 0 aromatic carbocycles. The maximum Gasteiger partial charge on any atom is 0.141 e. The summed E-state index contributed by atoms with van der Waals surface area (Å²) in [6.07, 6.45) is 9.52. The molecule has 0 atom stereocenters. The van der Waals surface area contributed by atoms with Crippen molar-refractivity contribution in [1.82, 2.24) is 9.97 Å². The smallest absolute Gasteiger partial charge is 0.141 e. The highest BCUT2D eigenvalue weighted by atomic mass is 32.1. The second kappa shape index (κ2) is 6.39. The lowest BCUT2D eigenvalue weighted by atomic mass is 9.91. The molecule has 1 saturated carbocycles. The molecular weight excluding hydrogens is 358 g/mol. The fraction of sp³-hybridized carbons (Fsp3) is 0.714. The normalized spacial score (nSPS) is 25.1. The summed E-state index contributed by atoms with van der Waals surface area (Å²) in [4.78, 5) is 15.5. The lowest BCUT2D eigenvalue weighted by molar-refractivity contribution is -0.116. The van der Waals surface area contributed by atoms with Gasteiger partial charge in [0, 0.05) is 49.9 Å². The summed E-state index contributed by atoms with van der Waals surface area (Å²) in [6.45, 7) is 4.29. The summed E-state index contributed by atoms with van der Waals surface area (Å²) in [5.74, 6) is 2.88. The molecule has 1 spiro atoms. The van der Waals surface area contributed by atoms with Crippen LogP contribution in [0, 0.1) is 0 Å².